The van der Waals surface area contributed by atoms with Gasteiger partial charge in [-0.2, -0.15) is 0 Å². The largest absolute Gasteiger partial charge is 0.508 e. The molecule has 1 rings (SSSR count). The lowest BCUT2D eigenvalue weighted by molar-refractivity contribution is 0.255. The van der Waals surface area contributed by atoms with Gasteiger partial charge in [0.1, 0.15) is 5.75 Å². The standard InChI is InChI=1S/C8H10N2O2/c1-10(8(9)12)6-2-4-7(11)5-3-6/h2-5,11H,1H3,(H2,9,12). The molecule has 4 heteroatoms. The van der Waals surface area contributed by atoms with Gasteiger partial charge in [0.05, 0.1) is 0 Å². The van der Waals surface area contributed by atoms with Crippen molar-refractivity contribution in [3.63, 3.8) is 0 Å². The minimum Gasteiger partial charge on any atom is -0.508 e. The number of phenolic OH excluding ortho intramolecular Hbond substituents is 1. The summed E-state index contributed by atoms with van der Waals surface area (Å²) in [6, 6.07) is 5.68. The van der Waals surface area contributed by atoms with Gasteiger partial charge in [-0.15, -0.1) is 0 Å². The van der Waals surface area contributed by atoms with Crippen LogP contribution in [0.4, 0.5) is 10.5 Å². The van der Waals surface area contributed by atoms with E-state index in [1.54, 1.807) is 19.2 Å². The van der Waals surface area contributed by atoms with Crippen LogP contribution in [-0.2, 0) is 0 Å². The second-order valence-electron chi connectivity index (χ2n) is 2.41. The lowest BCUT2D eigenvalue weighted by atomic mass is 10.3. The van der Waals surface area contributed by atoms with Crippen molar-refractivity contribution < 1.29 is 9.90 Å². The Labute approximate surface area is 70.2 Å². The summed E-state index contributed by atoms with van der Waals surface area (Å²) in [5.74, 6) is 0.164. The van der Waals surface area contributed by atoms with E-state index in [1.807, 2.05) is 0 Å². The molecule has 0 unspecified atom stereocenters. The van der Waals surface area contributed by atoms with Crippen molar-refractivity contribution in [2.75, 3.05) is 11.9 Å². The number of primary amides is 1. The van der Waals surface area contributed by atoms with Crippen LogP contribution in [0.2, 0.25) is 0 Å². The van der Waals surface area contributed by atoms with Gasteiger partial charge in [0.25, 0.3) is 0 Å². The van der Waals surface area contributed by atoms with Gasteiger partial charge < -0.3 is 10.8 Å². The molecule has 0 fully saturated rings. The highest BCUT2D eigenvalue weighted by molar-refractivity contribution is 5.89. The monoisotopic (exact) mass is 166 g/mol. The number of hydrogen-bond acceptors (Lipinski definition) is 2. The van der Waals surface area contributed by atoms with Gasteiger partial charge in [-0.1, -0.05) is 0 Å². The minimum atomic E-state index is -0.527. The number of benzene rings is 1. The van der Waals surface area contributed by atoms with E-state index in [0.717, 1.165) is 0 Å². The normalized spacial score (nSPS) is 9.42. The Morgan fingerprint density at radius 1 is 1.42 bits per heavy atom. The Kier molecular flexibility index (Phi) is 2.19. The van der Waals surface area contributed by atoms with Gasteiger partial charge >= 0.3 is 6.03 Å². The molecule has 0 aromatic heterocycles. The lowest BCUT2D eigenvalue weighted by Crippen LogP contribution is -2.31. The van der Waals surface area contributed by atoms with Crippen LogP contribution < -0.4 is 10.6 Å². The molecule has 0 spiro atoms. The highest BCUT2D eigenvalue weighted by Gasteiger charge is 2.04. The van der Waals surface area contributed by atoms with Crippen LogP contribution in [0.1, 0.15) is 0 Å². The number of carbonyl (C=O) groups excluding carboxylic acids is 1. The summed E-state index contributed by atoms with van der Waals surface area (Å²) >= 11 is 0. The van der Waals surface area contributed by atoms with E-state index >= 15 is 0 Å². The number of hydrogen-bond donors (Lipinski definition) is 2. The Bertz CT molecular complexity index is 282. The second-order valence-corrected chi connectivity index (χ2v) is 2.41. The Morgan fingerprint density at radius 3 is 2.33 bits per heavy atom. The zero-order chi connectivity index (χ0) is 9.14. The summed E-state index contributed by atoms with van der Waals surface area (Å²) < 4.78 is 0. The van der Waals surface area contributed by atoms with Crippen molar-refractivity contribution in [2.45, 2.75) is 0 Å². The second kappa shape index (κ2) is 3.13. The fourth-order valence-electron chi connectivity index (χ4n) is 0.803. The molecule has 64 valence electrons. The van der Waals surface area contributed by atoms with E-state index in [9.17, 15) is 4.79 Å². The van der Waals surface area contributed by atoms with Crippen molar-refractivity contribution in [1.82, 2.24) is 0 Å². The number of amides is 2. The van der Waals surface area contributed by atoms with Crippen molar-refractivity contribution in [3.05, 3.63) is 24.3 Å². The number of aromatic hydroxyl groups is 1. The number of nitrogens with two attached hydrogens (primary N) is 1. The van der Waals surface area contributed by atoms with Gasteiger partial charge in [0.2, 0.25) is 0 Å². The molecular weight excluding hydrogens is 156 g/mol. The molecule has 1 aromatic rings. The highest BCUT2D eigenvalue weighted by atomic mass is 16.3. The Morgan fingerprint density at radius 2 is 1.92 bits per heavy atom. The summed E-state index contributed by atoms with van der Waals surface area (Å²) in [6.45, 7) is 0. The summed E-state index contributed by atoms with van der Waals surface area (Å²) in [7, 11) is 1.56. The van der Waals surface area contributed by atoms with Gasteiger partial charge in [-0.25, -0.2) is 4.79 Å². The molecule has 0 heterocycles. The van der Waals surface area contributed by atoms with E-state index in [4.69, 9.17) is 10.8 Å². The van der Waals surface area contributed by atoms with E-state index in [-0.39, 0.29) is 5.75 Å². The molecule has 1 aromatic carbocycles. The zero-order valence-corrected chi connectivity index (χ0v) is 6.69. The Balaban J connectivity index is 2.89. The third-order valence-electron chi connectivity index (χ3n) is 1.57. The number of anilines is 1. The molecule has 0 saturated carbocycles. The first-order valence-electron chi connectivity index (χ1n) is 3.43. The average Bonchev–Trinajstić information content (AvgIpc) is 2.04. The van der Waals surface area contributed by atoms with Gasteiger partial charge in [0, 0.05) is 12.7 Å². The van der Waals surface area contributed by atoms with E-state index in [1.165, 1.54) is 17.0 Å². The predicted octanol–water partition coefficient (Wildman–Crippen LogP) is 0.907. The summed E-state index contributed by atoms with van der Waals surface area (Å²) in [5, 5.41) is 8.94. The molecular formula is C8H10N2O2. The van der Waals surface area contributed by atoms with Crippen LogP contribution in [0, 0.1) is 0 Å². The maximum atomic E-state index is 10.7. The third kappa shape index (κ3) is 1.66. The third-order valence-corrected chi connectivity index (χ3v) is 1.57. The van der Waals surface area contributed by atoms with Crippen molar-refractivity contribution in [1.29, 1.82) is 0 Å². The summed E-state index contributed by atoms with van der Waals surface area (Å²) in [5.41, 5.74) is 5.68. The number of urea groups is 1. The molecule has 0 aliphatic rings. The first-order valence-corrected chi connectivity index (χ1v) is 3.43. The van der Waals surface area contributed by atoms with E-state index in [2.05, 4.69) is 0 Å². The average molecular weight is 166 g/mol. The summed E-state index contributed by atoms with van der Waals surface area (Å²) in [4.78, 5) is 12.0. The topological polar surface area (TPSA) is 66.6 Å². The zero-order valence-electron chi connectivity index (χ0n) is 6.69. The molecule has 0 aliphatic carbocycles. The van der Waals surface area contributed by atoms with Gasteiger partial charge in [0.15, 0.2) is 0 Å². The van der Waals surface area contributed by atoms with Crippen LogP contribution in [0.25, 0.3) is 0 Å². The predicted molar refractivity (Wildman–Crippen MR) is 46.1 cm³/mol. The molecule has 0 saturated heterocycles. The van der Waals surface area contributed by atoms with E-state index < -0.39 is 6.03 Å². The number of carbonyl (C=O) groups is 1. The van der Waals surface area contributed by atoms with Crippen molar-refractivity contribution in [2.24, 2.45) is 5.73 Å². The fourth-order valence-corrected chi connectivity index (χ4v) is 0.803. The number of nitrogens with zero attached hydrogens (tertiary/aromatic N) is 1. The van der Waals surface area contributed by atoms with Crippen LogP contribution in [-0.4, -0.2) is 18.2 Å². The maximum Gasteiger partial charge on any atom is 0.318 e. The fraction of sp³-hybridized carbons (Fsp3) is 0.125. The lowest BCUT2D eigenvalue weighted by Gasteiger charge is -2.13. The van der Waals surface area contributed by atoms with E-state index in [0.29, 0.717) is 5.69 Å². The molecule has 12 heavy (non-hydrogen) atoms. The molecule has 3 N–H and O–H groups in total. The van der Waals surface area contributed by atoms with Crippen LogP contribution in [0.15, 0.2) is 24.3 Å². The first kappa shape index (κ1) is 8.39. The molecule has 0 atom stereocenters. The first-order chi connectivity index (χ1) is 5.61. The molecule has 0 bridgehead atoms. The SMILES string of the molecule is CN(C(N)=O)c1ccc(O)cc1. The molecule has 4 nitrogen and oxygen atoms in total. The Hall–Kier alpha value is -1.71. The number of rotatable bonds is 1. The number of phenols is 1. The van der Waals surface area contributed by atoms with Crippen molar-refractivity contribution in [3.8, 4) is 5.75 Å². The highest BCUT2D eigenvalue weighted by Crippen LogP contribution is 2.16. The minimum absolute atomic E-state index is 0.164. The molecule has 0 radical (unpaired) electrons. The molecule has 2 amide bonds. The van der Waals surface area contributed by atoms with Crippen LogP contribution in [0.3, 0.4) is 0 Å². The van der Waals surface area contributed by atoms with Crippen LogP contribution in [0.5, 0.6) is 5.75 Å². The summed E-state index contributed by atoms with van der Waals surface area (Å²) in [6.07, 6.45) is 0. The quantitative estimate of drug-likeness (QED) is 0.651. The van der Waals surface area contributed by atoms with Crippen LogP contribution >= 0.6 is 0 Å². The van der Waals surface area contributed by atoms with Crippen molar-refractivity contribution >= 4 is 11.7 Å². The van der Waals surface area contributed by atoms with Gasteiger partial charge in [-0.05, 0) is 24.3 Å². The molecule has 0 aliphatic heterocycles. The van der Waals surface area contributed by atoms with Gasteiger partial charge in [-0.3, -0.25) is 4.90 Å². The smallest absolute Gasteiger partial charge is 0.318 e. The maximum absolute atomic E-state index is 10.7.